The van der Waals surface area contributed by atoms with E-state index in [-0.39, 0.29) is 28.1 Å². The number of halogens is 3. The van der Waals surface area contributed by atoms with E-state index in [1.807, 2.05) is 0 Å². The quantitative estimate of drug-likeness (QED) is 0.637. The lowest BCUT2D eigenvalue weighted by molar-refractivity contribution is -0.156. The molecule has 3 rings (SSSR count). The van der Waals surface area contributed by atoms with Gasteiger partial charge < -0.3 is 9.52 Å². The van der Waals surface area contributed by atoms with Gasteiger partial charge in [0.15, 0.2) is 11.3 Å². The van der Waals surface area contributed by atoms with Crippen LogP contribution in [0.2, 0.25) is 0 Å². The number of oxazole rings is 1. The molecule has 0 fully saturated rings. The first-order chi connectivity index (χ1) is 10.8. The van der Waals surface area contributed by atoms with Gasteiger partial charge in [-0.1, -0.05) is 12.1 Å². The van der Waals surface area contributed by atoms with Gasteiger partial charge in [0.2, 0.25) is 0 Å². The molecule has 4 nitrogen and oxygen atoms in total. The standard InChI is InChI=1S/C16H9F3N2O2/c1-8-3-4-9(5-13(8)22)11-6-10(20-2)7-12-14(11)23-15(21-12)16(17,18)19/h3-7,22H,1H3. The Balaban J connectivity index is 2.32. The zero-order valence-corrected chi connectivity index (χ0v) is 11.8. The molecule has 0 aliphatic carbocycles. The molecular weight excluding hydrogens is 309 g/mol. The maximum atomic E-state index is 12.8. The van der Waals surface area contributed by atoms with E-state index in [9.17, 15) is 18.3 Å². The van der Waals surface area contributed by atoms with Crippen LogP contribution in [0.3, 0.4) is 0 Å². The van der Waals surface area contributed by atoms with Gasteiger partial charge in [-0.2, -0.15) is 13.2 Å². The predicted octanol–water partition coefficient (Wildman–Crippen LogP) is 5.08. The SMILES string of the molecule is [C-]#[N+]c1cc(-c2ccc(C)c(O)c2)c2oc(C(F)(F)F)nc2c1. The van der Waals surface area contributed by atoms with Gasteiger partial charge in [-0.15, -0.1) is 0 Å². The molecule has 3 aromatic rings. The molecule has 23 heavy (non-hydrogen) atoms. The van der Waals surface area contributed by atoms with E-state index in [1.54, 1.807) is 19.1 Å². The average molecular weight is 318 g/mol. The van der Waals surface area contributed by atoms with Crippen LogP contribution < -0.4 is 0 Å². The third-order valence-electron chi connectivity index (χ3n) is 3.37. The van der Waals surface area contributed by atoms with Crippen molar-refractivity contribution in [3.63, 3.8) is 0 Å². The Labute approximate surface area is 128 Å². The molecule has 1 N–H and O–H groups in total. The summed E-state index contributed by atoms with van der Waals surface area (Å²) >= 11 is 0. The monoisotopic (exact) mass is 318 g/mol. The molecule has 2 aromatic carbocycles. The topological polar surface area (TPSA) is 50.6 Å². The summed E-state index contributed by atoms with van der Waals surface area (Å²) in [5, 5.41) is 9.81. The number of hydrogen-bond acceptors (Lipinski definition) is 3. The lowest BCUT2D eigenvalue weighted by atomic mass is 10.0. The molecule has 7 heteroatoms. The number of aromatic nitrogens is 1. The van der Waals surface area contributed by atoms with Gasteiger partial charge in [0.25, 0.3) is 0 Å². The van der Waals surface area contributed by atoms with Crippen LogP contribution in [0.1, 0.15) is 11.5 Å². The van der Waals surface area contributed by atoms with E-state index < -0.39 is 12.1 Å². The number of hydrogen-bond donors (Lipinski definition) is 1. The van der Waals surface area contributed by atoms with Gasteiger partial charge in [-0.3, -0.25) is 0 Å². The molecule has 0 atom stereocenters. The lowest BCUT2D eigenvalue weighted by Crippen LogP contribution is -2.04. The highest BCUT2D eigenvalue weighted by Gasteiger charge is 2.38. The molecule has 0 spiro atoms. The van der Waals surface area contributed by atoms with E-state index >= 15 is 0 Å². The highest BCUT2D eigenvalue weighted by molar-refractivity contribution is 5.94. The molecule has 1 heterocycles. The Morgan fingerprint density at radius 3 is 2.57 bits per heavy atom. The van der Waals surface area contributed by atoms with Crippen molar-refractivity contribution in [2.75, 3.05) is 0 Å². The smallest absolute Gasteiger partial charge is 0.468 e. The number of fused-ring (bicyclic) bond motifs is 1. The second-order valence-electron chi connectivity index (χ2n) is 4.97. The van der Waals surface area contributed by atoms with E-state index in [0.29, 0.717) is 11.1 Å². The minimum atomic E-state index is -4.72. The fourth-order valence-corrected chi connectivity index (χ4v) is 2.20. The largest absolute Gasteiger partial charge is 0.508 e. The van der Waals surface area contributed by atoms with Crippen LogP contribution in [-0.2, 0) is 6.18 Å². The highest BCUT2D eigenvalue weighted by Crippen LogP contribution is 2.38. The van der Waals surface area contributed by atoms with Crippen molar-refractivity contribution < 1.29 is 22.7 Å². The average Bonchev–Trinajstić information content (AvgIpc) is 2.93. The van der Waals surface area contributed by atoms with Gasteiger partial charge >= 0.3 is 12.1 Å². The van der Waals surface area contributed by atoms with Crippen LogP contribution in [-0.4, -0.2) is 10.1 Å². The number of nitrogens with zero attached hydrogens (tertiary/aromatic N) is 2. The number of rotatable bonds is 1. The summed E-state index contributed by atoms with van der Waals surface area (Å²) in [7, 11) is 0. The summed E-state index contributed by atoms with van der Waals surface area (Å²) in [6.45, 7) is 8.77. The Hall–Kier alpha value is -3.01. The number of aryl methyl sites for hydroxylation is 1. The van der Waals surface area contributed by atoms with E-state index in [2.05, 4.69) is 9.83 Å². The highest BCUT2D eigenvalue weighted by atomic mass is 19.4. The number of phenols is 1. The predicted molar refractivity (Wildman–Crippen MR) is 77.1 cm³/mol. The third-order valence-corrected chi connectivity index (χ3v) is 3.37. The zero-order valence-electron chi connectivity index (χ0n) is 11.8. The van der Waals surface area contributed by atoms with Crippen LogP contribution >= 0.6 is 0 Å². The number of benzene rings is 2. The summed E-state index contributed by atoms with van der Waals surface area (Å²) in [6.07, 6.45) is -4.72. The second-order valence-corrected chi connectivity index (χ2v) is 4.97. The Morgan fingerprint density at radius 2 is 1.96 bits per heavy atom. The molecular formula is C16H9F3N2O2. The summed E-state index contributed by atoms with van der Waals surface area (Å²) in [6, 6.07) is 7.31. The van der Waals surface area contributed by atoms with Gasteiger partial charge in [0.05, 0.1) is 6.57 Å². The van der Waals surface area contributed by atoms with Crippen molar-refractivity contribution in [3.05, 3.63) is 53.2 Å². The zero-order chi connectivity index (χ0) is 16.8. The van der Waals surface area contributed by atoms with E-state index in [4.69, 9.17) is 11.0 Å². The summed E-state index contributed by atoms with van der Waals surface area (Å²) in [5.41, 5.74) is 1.34. The molecule has 116 valence electrons. The minimum Gasteiger partial charge on any atom is -0.508 e. The maximum Gasteiger partial charge on any atom is 0.468 e. The summed E-state index contributed by atoms with van der Waals surface area (Å²) in [4.78, 5) is 6.66. The van der Waals surface area contributed by atoms with Crippen molar-refractivity contribution in [2.45, 2.75) is 13.1 Å². The van der Waals surface area contributed by atoms with Gasteiger partial charge in [-0.25, -0.2) is 9.83 Å². The first-order valence-corrected chi connectivity index (χ1v) is 6.49. The van der Waals surface area contributed by atoms with E-state index in [0.717, 1.165) is 0 Å². The van der Waals surface area contributed by atoms with Crippen molar-refractivity contribution in [1.82, 2.24) is 4.98 Å². The van der Waals surface area contributed by atoms with Crippen molar-refractivity contribution in [2.24, 2.45) is 0 Å². The fourth-order valence-electron chi connectivity index (χ4n) is 2.20. The van der Waals surface area contributed by atoms with Crippen LogP contribution in [0.15, 0.2) is 34.7 Å². The Bertz CT molecular complexity index is 952. The third kappa shape index (κ3) is 2.59. The Morgan fingerprint density at radius 1 is 1.22 bits per heavy atom. The summed E-state index contributed by atoms with van der Waals surface area (Å²) < 4.78 is 43.3. The molecule has 0 aliphatic rings. The van der Waals surface area contributed by atoms with Gasteiger partial charge in [0.1, 0.15) is 11.3 Å². The molecule has 0 amide bonds. The van der Waals surface area contributed by atoms with Crippen LogP contribution in [0.4, 0.5) is 18.9 Å². The first-order valence-electron chi connectivity index (χ1n) is 6.49. The van der Waals surface area contributed by atoms with Crippen molar-refractivity contribution >= 4 is 16.8 Å². The van der Waals surface area contributed by atoms with Gasteiger partial charge in [0, 0.05) is 5.56 Å². The van der Waals surface area contributed by atoms with Crippen LogP contribution in [0, 0.1) is 13.5 Å². The molecule has 1 aromatic heterocycles. The molecule has 0 saturated heterocycles. The normalized spacial score (nSPS) is 11.6. The van der Waals surface area contributed by atoms with Crippen LogP contribution in [0.25, 0.3) is 27.1 Å². The maximum absolute atomic E-state index is 12.8. The minimum absolute atomic E-state index is 0.000532. The van der Waals surface area contributed by atoms with Crippen LogP contribution in [0.5, 0.6) is 5.75 Å². The first kappa shape index (κ1) is 14.9. The summed E-state index contributed by atoms with van der Waals surface area (Å²) in [5.74, 6) is -1.37. The number of alkyl halides is 3. The molecule has 0 saturated carbocycles. The van der Waals surface area contributed by atoms with E-state index in [1.165, 1.54) is 18.2 Å². The molecule has 0 radical (unpaired) electrons. The second kappa shape index (κ2) is 5.02. The number of aromatic hydroxyl groups is 1. The molecule has 0 aliphatic heterocycles. The molecule has 0 unspecified atom stereocenters. The van der Waals surface area contributed by atoms with Crippen molar-refractivity contribution in [1.29, 1.82) is 0 Å². The Kier molecular flexibility index (Phi) is 3.25. The lowest BCUT2D eigenvalue weighted by Gasteiger charge is -2.06. The number of phenolic OH excluding ortho intramolecular Hbond substituents is 1. The van der Waals surface area contributed by atoms with Gasteiger partial charge in [-0.05, 0) is 36.2 Å². The van der Waals surface area contributed by atoms with Crippen molar-refractivity contribution in [3.8, 4) is 16.9 Å². The molecule has 0 bridgehead atoms. The fraction of sp³-hybridized carbons (Fsp3) is 0.125.